The van der Waals surface area contributed by atoms with Crippen LogP contribution in [-0.4, -0.2) is 70.2 Å². The lowest BCUT2D eigenvalue weighted by atomic mass is 9.48. The van der Waals surface area contributed by atoms with Crippen LogP contribution in [0.2, 0.25) is 0 Å². The van der Waals surface area contributed by atoms with Crippen molar-refractivity contribution in [3.05, 3.63) is 113 Å². The Bertz CT molecular complexity index is 1810. The largest absolute Gasteiger partial charge is 0.483 e. The maximum atomic E-state index is 14.3. The number of ether oxygens (including phenoxy) is 2. The van der Waals surface area contributed by atoms with Crippen LogP contribution in [0.25, 0.3) is 6.08 Å². The van der Waals surface area contributed by atoms with E-state index >= 15 is 0 Å². The van der Waals surface area contributed by atoms with Crippen LogP contribution in [0.1, 0.15) is 54.0 Å². The SMILES string of the molecule is C=CCN1CC[C@]23c4c5ccc(OC(C)=O)c4OC2C(N(CCc2ccccc2)C(=O)/C=C/c2cccc(C(F)(F)F)c2)CC[C@@]3(O)[C@H]1C5. The summed E-state index contributed by atoms with van der Waals surface area (Å²) in [4.78, 5) is 30.4. The van der Waals surface area contributed by atoms with Gasteiger partial charge < -0.3 is 19.5 Å². The Morgan fingerprint density at radius 1 is 1.12 bits per heavy atom. The molecule has 3 aromatic rings. The Balaban J connectivity index is 1.30. The van der Waals surface area contributed by atoms with Crippen molar-refractivity contribution in [3.8, 4) is 11.5 Å². The number of hydrogen-bond acceptors (Lipinski definition) is 6. The van der Waals surface area contributed by atoms with Gasteiger partial charge >= 0.3 is 12.1 Å². The van der Waals surface area contributed by atoms with Gasteiger partial charge in [0.25, 0.3) is 0 Å². The maximum Gasteiger partial charge on any atom is 0.416 e. The molecule has 2 unspecified atom stereocenters. The fourth-order valence-corrected chi connectivity index (χ4v) is 8.95. The van der Waals surface area contributed by atoms with E-state index in [-0.39, 0.29) is 23.3 Å². The number of aliphatic hydroxyl groups is 1. The molecule has 1 amide bonds. The van der Waals surface area contributed by atoms with E-state index < -0.39 is 40.9 Å². The van der Waals surface area contributed by atoms with Gasteiger partial charge in [0, 0.05) is 37.7 Å². The maximum absolute atomic E-state index is 14.3. The molecule has 2 heterocycles. The van der Waals surface area contributed by atoms with E-state index in [4.69, 9.17) is 9.47 Å². The normalized spacial score (nSPS) is 26.9. The minimum absolute atomic E-state index is 0.210. The lowest BCUT2D eigenvalue weighted by molar-refractivity contribution is -0.199. The van der Waals surface area contributed by atoms with Gasteiger partial charge in [0.2, 0.25) is 5.91 Å². The van der Waals surface area contributed by atoms with Gasteiger partial charge in [-0.25, -0.2) is 0 Å². The number of rotatable bonds is 9. The van der Waals surface area contributed by atoms with Crippen molar-refractivity contribution in [2.24, 2.45) is 0 Å². The molecule has 1 N–H and O–H groups in total. The van der Waals surface area contributed by atoms with Crippen molar-refractivity contribution >= 4 is 18.0 Å². The molecule has 4 aliphatic rings. The molecule has 5 atom stereocenters. The quantitative estimate of drug-likeness (QED) is 0.128. The number of hydrogen-bond donors (Lipinski definition) is 1. The molecule has 10 heteroatoms. The minimum atomic E-state index is -4.51. The van der Waals surface area contributed by atoms with Gasteiger partial charge in [-0.1, -0.05) is 54.6 Å². The molecule has 1 saturated carbocycles. The highest BCUT2D eigenvalue weighted by atomic mass is 19.4. The van der Waals surface area contributed by atoms with Crippen molar-refractivity contribution in [1.82, 2.24) is 9.80 Å². The first kappa shape index (κ1) is 33.1. The monoisotopic (exact) mass is 672 g/mol. The smallest absolute Gasteiger partial charge is 0.416 e. The summed E-state index contributed by atoms with van der Waals surface area (Å²) in [5, 5.41) is 12.9. The third-order valence-electron chi connectivity index (χ3n) is 10.9. The molecule has 2 fully saturated rings. The molecule has 0 radical (unpaired) electrons. The van der Waals surface area contributed by atoms with E-state index in [2.05, 4.69) is 11.5 Å². The zero-order valence-electron chi connectivity index (χ0n) is 27.3. The van der Waals surface area contributed by atoms with Gasteiger partial charge in [0.05, 0.1) is 22.6 Å². The molecule has 1 saturated heterocycles. The van der Waals surface area contributed by atoms with E-state index in [1.165, 1.54) is 31.2 Å². The lowest BCUT2D eigenvalue weighted by Crippen LogP contribution is -2.78. The van der Waals surface area contributed by atoms with Crippen molar-refractivity contribution in [2.45, 2.75) is 74.4 Å². The summed E-state index contributed by atoms with van der Waals surface area (Å²) < 4.78 is 52.8. The van der Waals surface area contributed by atoms with Crippen LogP contribution < -0.4 is 9.47 Å². The molecule has 2 aliphatic carbocycles. The third kappa shape index (κ3) is 5.55. The summed E-state index contributed by atoms with van der Waals surface area (Å²) >= 11 is 0. The summed E-state index contributed by atoms with van der Waals surface area (Å²) in [5.74, 6) is -0.132. The topological polar surface area (TPSA) is 79.3 Å². The molecule has 2 bridgehead atoms. The van der Waals surface area contributed by atoms with Crippen LogP contribution in [0.3, 0.4) is 0 Å². The zero-order chi connectivity index (χ0) is 34.6. The van der Waals surface area contributed by atoms with Crippen molar-refractivity contribution < 1.29 is 37.3 Å². The number of alkyl halides is 3. The van der Waals surface area contributed by atoms with Gasteiger partial charge in [-0.3, -0.25) is 14.5 Å². The highest BCUT2D eigenvalue weighted by Gasteiger charge is 2.73. The fourth-order valence-electron chi connectivity index (χ4n) is 8.95. The standard InChI is InChI=1S/C39H39F3N2O5/c1-3-20-43-22-19-37-34-28-13-14-31(48-25(2)45)35(34)49-36(37)30(16-18-38(37,47)32(43)24-28)44(21-17-26-8-5-4-6-9-26)33(46)15-12-27-10-7-11-29(23-27)39(40,41)42/h3-15,23,30,32,36,47H,1,16-22,24H2,2H3/b15-12+/t30?,32-,36?,37+,38-/m1/s1. The third-order valence-corrected chi connectivity index (χ3v) is 10.9. The molecule has 2 aliphatic heterocycles. The number of halogens is 3. The van der Waals surface area contributed by atoms with Crippen molar-refractivity contribution in [3.63, 3.8) is 0 Å². The number of piperidine rings is 1. The Morgan fingerprint density at radius 2 is 1.92 bits per heavy atom. The second-order valence-corrected chi connectivity index (χ2v) is 13.5. The van der Waals surface area contributed by atoms with Crippen LogP contribution in [-0.2, 0) is 34.0 Å². The van der Waals surface area contributed by atoms with Crippen molar-refractivity contribution in [1.29, 1.82) is 0 Å². The number of carbonyl (C=O) groups is 2. The van der Waals surface area contributed by atoms with E-state index in [0.29, 0.717) is 57.5 Å². The van der Waals surface area contributed by atoms with Gasteiger partial charge in [-0.05, 0) is 79.6 Å². The number of likely N-dealkylation sites (tertiary alicyclic amines) is 1. The number of nitrogens with zero attached hydrogens (tertiary/aromatic N) is 2. The fraction of sp³-hybridized carbons (Fsp3) is 0.385. The Labute approximate surface area is 283 Å². The predicted octanol–water partition coefficient (Wildman–Crippen LogP) is 6.12. The molecular weight excluding hydrogens is 633 g/mol. The van der Waals surface area contributed by atoms with E-state index in [1.807, 2.05) is 42.5 Å². The molecular formula is C39H39F3N2O5. The first-order chi connectivity index (χ1) is 23.5. The molecule has 256 valence electrons. The van der Waals surface area contributed by atoms with E-state index in [0.717, 1.165) is 28.8 Å². The zero-order valence-corrected chi connectivity index (χ0v) is 27.3. The van der Waals surface area contributed by atoms with Crippen LogP contribution >= 0.6 is 0 Å². The Morgan fingerprint density at radius 3 is 2.65 bits per heavy atom. The first-order valence-corrected chi connectivity index (χ1v) is 16.7. The first-order valence-electron chi connectivity index (χ1n) is 16.7. The average Bonchev–Trinajstić information content (AvgIpc) is 3.43. The highest BCUT2D eigenvalue weighted by molar-refractivity contribution is 5.92. The number of esters is 1. The summed E-state index contributed by atoms with van der Waals surface area (Å²) in [5.41, 5.74) is 0.292. The summed E-state index contributed by atoms with van der Waals surface area (Å²) in [6, 6.07) is 17.6. The number of amides is 1. The van der Waals surface area contributed by atoms with E-state index in [9.17, 15) is 27.9 Å². The molecule has 49 heavy (non-hydrogen) atoms. The summed E-state index contributed by atoms with van der Waals surface area (Å²) in [6.45, 7) is 6.89. The lowest BCUT2D eigenvalue weighted by Gasteiger charge is -2.64. The molecule has 0 aromatic heterocycles. The molecule has 1 spiro atoms. The van der Waals surface area contributed by atoms with Crippen LogP contribution in [0.5, 0.6) is 11.5 Å². The Hall–Kier alpha value is -4.41. The van der Waals surface area contributed by atoms with E-state index in [1.54, 1.807) is 11.0 Å². The predicted molar refractivity (Wildman–Crippen MR) is 178 cm³/mol. The minimum Gasteiger partial charge on any atom is -0.483 e. The van der Waals surface area contributed by atoms with Gasteiger partial charge in [0.15, 0.2) is 11.5 Å². The number of benzene rings is 3. The Kier molecular flexibility index (Phi) is 8.43. The van der Waals surface area contributed by atoms with Gasteiger partial charge in [0.1, 0.15) is 6.10 Å². The highest BCUT2D eigenvalue weighted by Crippen LogP contribution is 2.66. The summed E-state index contributed by atoms with van der Waals surface area (Å²) in [6.07, 6.45) is 1.94. The van der Waals surface area contributed by atoms with Crippen LogP contribution in [0.15, 0.2) is 85.5 Å². The second kappa shape index (κ2) is 12.5. The molecule has 3 aromatic carbocycles. The van der Waals surface area contributed by atoms with Crippen molar-refractivity contribution in [2.75, 3.05) is 19.6 Å². The summed E-state index contributed by atoms with van der Waals surface area (Å²) in [7, 11) is 0. The second-order valence-electron chi connectivity index (χ2n) is 13.5. The van der Waals surface area contributed by atoms with Crippen LogP contribution in [0, 0.1) is 0 Å². The van der Waals surface area contributed by atoms with Gasteiger partial charge in [-0.15, -0.1) is 6.58 Å². The van der Waals surface area contributed by atoms with Crippen LogP contribution in [0.4, 0.5) is 13.2 Å². The number of carbonyl (C=O) groups excluding carboxylic acids is 2. The molecule has 7 nitrogen and oxygen atoms in total. The molecule has 7 rings (SSSR count). The average molecular weight is 673 g/mol. The van der Waals surface area contributed by atoms with Gasteiger partial charge in [-0.2, -0.15) is 13.2 Å².